The first-order valence-corrected chi connectivity index (χ1v) is 18.3. The van der Waals surface area contributed by atoms with Crippen LogP contribution in [0.1, 0.15) is 50.1 Å². The van der Waals surface area contributed by atoms with Crippen LogP contribution in [0.5, 0.6) is 5.75 Å². The van der Waals surface area contributed by atoms with Gasteiger partial charge < -0.3 is 25.6 Å². The quantitative estimate of drug-likeness (QED) is 0.161. The van der Waals surface area contributed by atoms with Crippen LogP contribution >= 0.6 is 11.6 Å². The first-order chi connectivity index (χ1) is 26.0. The number of pyridine rings is 2. The van der Waals surface area contributed by atoms with Crippen molar-refractivity contribution in [1.29, 1.82) is 0 Å². The molecule has 0 radical (unpaired) electrons. The number of carbonyl (C=O) groups excluding carboxylic acids is 3. The Morgan fingerprint density at radius 1 is 1.07 bits per heavy atom. The number of rotatable bonds is 9. The van der Waals surface area contributed by atoms with E-state index in [1.807, 2.05) is 29.9 Å². The standard InChI is InChI=1S/C37H40ClN11O5/c1-39-29(51)17-54-27-14-20-13-22(15-40-33(20)47(2)35(27)53)43-32-25(38)16-41-36(45-32)49-18-37(19-49)11-9-21(10-12-37)42-26-6-4-5-23-30(46-48(3)31(23)26)24-7-8-28(50)44-34(24)52/h4-6,13-16,21,24,42H,7-12,17-19H2,1-3H3,(H,39,51)(H,41,43,45)(H,44,50,52). The van der Waals surface area contributed by atoms with Gasteiger partial charge in [0.15, 0.2) is 18.2 Å². The van der Waals surface area contributed by atoms with Crippen molar-refractivity contribution in [2.45, 2.75) is 50.5 Å². The lowest BCUT2D eigenvalue weighted by Gasteiger charge is -2.53. The molecule has 5 aromatic rings. The average molecular weight is 754 g/mol. The third-order valence-electron chi connectivity index (χ3n) is 10.9. The maximum absolute atomic E-state index is 12.7. The number of benzene rings is 1. The molecule has 4 N–H and O–H groups in total. The normalized spacial score (nSPS) is 18.4. The van der Waals surface area contributed by atoms with Gasteiger partial charge in [-0.05, 0) is 50.3 Å². The van der Waals surface area contributed by atoms with Crippen LogP contribution in [0, 0.1) is 5.41 Å². The molecule has 1 aliphatic carbocycles. The van der Waals surface area contributed by atoms with Gasteiger partial charge in [0, 0.05) is 62.9 Å². The molecular weight excluding hydrogens is 714 g/mol. The Kier molecular flexibility index (Phi) is 9.08. The predicted octanol–water partition coefficient (Wildman–Crippen LogP) is 3.51. The van der Waals surface area contributed by atoms with Crippen LogP contribution in [-0.4, -0.2) is 79.8 Å². The first kappa shape index (κ1) is 35.3. The summed E-state index contributed by atoms with van der Waals surface area (Å²) in [6.07, 6.45) is 8.09. The zero-order valence-corrected chi connectivity index (χ0v) is 30.9. The van der Waals surface area contributed by atoms with Crippen LogP contribution in [0.4, 0.5) is 23.1 Å². The van der Waals surface area contributed by atoms with E-state index in [9.17, 15) is 19.2 Å². The van der Waals surface area contributed by atoms with E-state index < -0.39 is 11.5 Å². The van der Waals surface area contributed by atoms with E-state index >= 15 is 0 Å². The number of imide groups is 1. The van der Waals surface area contributed by atoms with Gasteiger partial charge in [-0.15, -0.1) is 0 Å². The molecule has 1 saturated carbocycles. The molecular formula is C37H40ClN11O5. The van der Waals surface area contributed by atoms with Gasteiger partial charge in [-0.3, -0.25) is 33.7 Å². The van der Waals surface area contributed by atoms with Crippen LogP contribution < -0.4 is 36.5 Å². The predicted molar refractivity (Wildman–Crippen MR) is 203 cm³/mol. The van der Waals surface area contributed by atoms with Crippen LogP contribution in [0.2, 0.25) is 5.02 Å². The number of amides is 3. The maximum atomic E-state index is 12.7. The number of piperidine rings is 1. The number of aryl methyl sites for hydroxylation is 2. The van der Waals surface area contributed by atoms with E-state index in [0.29, 0.717) is 58.1 Å². The monoisotopic (exact) mass is 753 g/mol. The number of aromatic nitrogens is 6. The number of hydrogen-bond donors (Lipinski definition) is 4. The number of hydrogen-bond acceptors (Lipinski definition) is 12. The Balaban J connectivity index is 0.908. The maximum Gasteiger partial charge on any atom is 0.294 e. The minimum atomic E-state index is -0.445. The van der Waals surface area contributed by atoms with E-state index in [2.05, 4.69) is 42.2 Å². The largest absolute Gasteiger partial charge is 0.478 e. The number of ether oxygens (including phenoxy) is 1. The highest BCUT2D eigenvalue weighted by molar-refractivity contribution is 6.33. The number of anilines is 4. The van der Waals surface area contributed by atoms with Gasteiger partial charge in [0.25, 0.3) is 11.5 Å². The number of halogens is 1. The molecule has 2 aliphatic heterocycles. The number of para-hydroxylation sites is 1. The van der Waals surface area contributed by atoms with Crippen molar-refractivity contribution in [3.8, 4) is 5.75 Å². The highest BCUT2D eigenvalue weighted by Gasteiger charge is 2.46. The van der Waals surface area contributed by atoms with Crippen molar-refractivity contribution in [3.05, 3.63) is 63.8 Å². The van der Waals surface area contributed by atoms with Crippen molar-refractivity contribution < 1.29 is 19.1 Å². The second-order valence-corrected chi connectivity index (χ2v) is 14.9. The van der Waals surface area contributed by atoms with E-state index in [-0.39, 0.29) is 35.5 Å². The summed E-state index contributed by atoms with van der Waals surface area (Å²) in [6, 6.07) is 9.72. The summed E-state index contributed by atoms with van der Waals surface area (Å²) < 4.78 is 8.69. The lowest BCUT2D eigenvalue weighted by molar-refractivity contribution is -0.134. The molecule has 3 fully saturated rings. The second kappa shape index (κ2) is 13.9. The van der Waals surface area contributed by atoms with E-state index in [4.69, 9.17) is 26.4 Å². The third kappa shape index (κ3) is 6.54. The fourth-order valence-corrected chi connectivity index (χ4v) is 8.09. The third-order valence-corrected chi connectivity index (χ3v) is 11.1. The highest BCUT2D eigenvalue weighted by atomic mass is 35.5. The van der Waals surface area contributed by atoms with Crippen LogP contribution in [-0.2, 0) is 28.5 Å². The van der Waals surface area contributed by atoms with Gasteiger partial charge in [0.1, 0.15) is 10.7 Å². The summed E-state index contributed by atoms with van der Waals surface area (Å²) in [4.78, 5) is 64.7. The Bertz CT molecular complexity index is 2380. The number of fused-ring (bicyclic) bond motifs is 2. The fraction of sp³-hybridized carbons (Fsp3) is 0.405. The van der Waals surface area contributed by atoms with Gasteiger partial charge in [0.05, 0.1) is 40.9 Å². The van der Waals surface area contributed by atoms with Gasteiger partial charge in [-0.25, -0.2) is 9.97 Å². The topological polar surface area (TPSA) is 190 Å². The fourth-order valence-electron chi connectivity index (χ4n) is 7.96. The Morgan fingerprint density at radius 2 is 1.87 bits per heavy atom. The van der Waals surface area contributed by atoms with E-state index in [1.165, 1.54) is 11.6 Å². The van der Waals surface area contributed by atoms with E-state index in [0.717, 1.165) is 55.4 Å². The van der Waals surface area contributed by atoms with Gasteiger partial charge in [-0.2, -0.15) is 10.1 Å². The molecule has 4 aromatic heterocycles. The van der Waals surface area contributed by atoms with Crippen molar-refractivity contribution in [1.82, 2.24) is 39.9 Å². The first-order valence-electron chi connectivity index (χ1n) is 17.9. The smallest absolute Gasteiger partial charge is 0.294 e. The molecule has 280 valence electrons. The summed E-state index contributed by atoms with van der Waals surface area (Å²) in [7, 11) is 4.99. The number of nitrogens with zero attached hydrogens (tertiary/aromatic N) is 7. The molecule has 1 atom stereocenters. The Labute approximate surface area is 314 Å². The molecule has 3 amide bonds. The zero-order valence-electron chi connectivity index (χ0n) is 30.1. The SMILES string of the molecule is CNC(=O)COc1cc2cc(Nc3nc(N4CC5(CCC(Nc6cccc7c(C8CCC(=O)NC8=O)nn(C)c67)CC5)C4)ncc3Cl)cnc2n(C)c1=O. The molecule has 1 unspecified atom stereocenters. The van der Waals surface area contributed by atoms with Crippen molar-refractivity contribution in [3.63, 3.8) is 0 Å². The Hall–Kier alpha value is -5.77. The van der Waals surface area contributed by atoms with Crippen LogP contribution in [0.25, 0.3) is 21.9 Å². The lowest BCUT2D eigenvalue weighted by Crippen LogP contribution is -2.59. The van der Waals surface area contributed by atoms with Crippen molar-refractivity contribution >= 4 is 74.4 Å². The molecule has 16 nitrogen and oxygen atoms in total. The molecule has 54 heavy (non-hydrogen) atoms. The van der Waals surface area contributed by atoms with Crippen LogP contribution in [0.3, 0.4) is 0 Å². The highest BCUT2D eigenvalue weighted by Crippen LogP contribution is 2.46. The van der Waals surface area contributed by atoms with Crippen LogP contribution in [0.15, 0.2) is 47.5 Å². The molecule has 2 saturated heterocycles. The molecule has 1 spiro atoms. The van der Waals surface area contributed by atoms with E-state index in [1.54, 1.807) is 25.5 Å². The summed E-state index contributed by atoms with van der Waals surface area (Å²) in [5, 5.41) is 18.6. The number of likely N-dealkylation sites (N-methyl/N-ethyl adjacent to an activating group) is 1. The van der Waals surface area contributed by atoms with Crippen molar-refractivity contribution in [2.24, 2.45) is 19.5 Å². The summed E-state index contributed by atoms with van der Waals surface area (Å²) in [6.45, 7) is 1.41. The zero-order chi connectivity index (χ0) is 37.7. The minimum absolute atomic E-state index is 0.0397. The molecule has 6 heterocycles. The lowest BCUT2D eigenvalue weighted by atomic mass is 9.67. The van der Waals surface area contributed by atoms with Gasteiger partial charge in [-0.1, -0.05) is 23.7 Å². The summed E-state index contributed by atoms with van der Waals surface area (Å²) in [5.41, 5.74) is 3.50. The second-order valence-electron chi connectivity index (χ2n) is 14.5. The summed E-state index contributed by atoms with van der Waals surface area (Å²) in [5.74, 6) is -0.255. The number of carbonyl (C=O) groups is 3. The van der Waals surface area contributed by atoms with Gasteiger partial charge in [0.2, 0.25) is 17.8 Å². The molecule has 8 rings (SSSR count). The molecule has 3 aliphatic rings. The minimum Gasteiger partial charge on any atom is -0.478 e. The Morgan fingerprint density at radius 3 is 2.63 bits per heavy atom. The summed E-state index contributed by atoms with van der Waals surface area (Å²) >= 11 is 6.54. The molecule has 1 aromatic carbocycles. The number of nitrogens with one attached hydrogen (secondary N) is 4. The molecule has 0 bridgehead atoms. The average Bonchev–Trinajstić information content (AvgIpc) is 3.49. The van der Waals surface area contributed by atoms with Crippen molar-refractivity contribution in [2.75, 3.05) is 42.3 Å². The molecule has 17 heteroatoms. The van der Waals surface area contributed by atoms with Gasteiger partial charge >= 0.3 is 0 Å².